The zero-order valence-corrected chi connectivity index (χ0v) is 10.5. The number of nitrogen functional groups attached to an aromatic ring is 1. The molecule has 6 heteroatoms. The van der Waals surface area contributed by atoms with Crippen molar-refractivity contribution >= 4 is 28.9 Å². The third-order valence-corrected chi connectivity index (χ3v) is 3.53. The fraction of sp³-hybridized carbons (Fsp3) is 0.385. The van der Waals surface area contributed by atoms with E-state index in [1.165, 1.54) is 0 Å². The van der Waals surface area contributed by atoms with Crippen LogP contribution < -0.4 is 21.3 Å². The minimum Gasteiger partial charge on any atom is -0.397 e. The highest BCUT2D eigenvalue weighted by Gasteiger charge is 2.22. The van der Waals surface area contributed by atoms with Gasteiger partial charge in [0, 0.05) is 31.7 Å². The lowest BCUT2D eigenvalue weighted by molar-refractivity contribution is -0.120. The molecule has 1 fully saturated rings. The molecule has 2 aliphatic rings. The summed E-state index contributed by atoms with van der Waals surface area (Å²) >= 11 is 0. The Balaban J connectivity index is 1.90. The summed E-state index contributed by atoms with van der Waals surface area (Å²) < 4.78 is 0. The molecule has 4 N–H and O–H groups in total. The van der Waals surface area contributed by atoms with Gasteiger partial charge in [-0.3, -0.25) is 9.59 Å². The van der Waals surface area contributed by atoms with Gasteiger partial charge in [-0.25, -0.2) is 0 Å². The van der Waals surface area contributed by atoms with Crippen LogP contribution in [0.1, 0.15) is 12.0 Å². The van der Waals surface area contributed by atoms with Gasteiger partial charge in [0.2, 0.25) is 11.8 Å². The van der Waals surface area contributed by atoms with E-state index in [2.05, 4.69) is 15.5 Å². The smallest absolute Gasteiger partial charge is 0.228 e. The van der Waals surface area contributed by atoms with Gasteiger partial charge in [0.05, 0.1) is 17.8 Å². The van der Waals surface area contributed by atoms with Gasteiger partial charge in [0.25, 0.3) is 0 Å². The zero-order valence-electron chi connectivity index (χ0n) is 10.5. The Bertz CT molecular complexity index is 556. The number of anilines is 3. The van der Waals surface area contributed by atoms with E-state index in [4.69, 9.17) is 5.73 Å². The number of amides is 2. The molecular weight excluding hydrogens is 244 g/mol. The van der Waals surface area contributed by atoms with Crippen LogP contribution in [0, 0.1) is 0 Å². The van der Waals surface area contributed by atoms with E-state index < -0.39 is 0 Å². The molecule has 0 atom stereocenters. The predicted octanol–water partition coefficient (Wildman–Crippen LogP) is 0.0897. The lowest BCUT2D eigenvalue weighted by Gasteiger charge is -2.24. The molecule has 1 aromatic rings. The molecule has 0 bridgehead atoms. The van der Waals surface area contributed by atoms with E-state index in [0.29, 0.717) is 31.6 Å². The van der Waals surface area contributed by atoms with Crippen LogP contribution in [0.25, 0.3) is 0 Å². The molecule has 0 radical (unpaired) electrons. The fourth-order valence-corrected chi connectivity index (χ4v) is 2.56. The van der Waals surface area contributed by atoms with Crippen molar-refractivity contribution in [2.24, 2.45) is 0 Å². The molecule has 1 aromatic carbocycles. The number of carbonyl (C=O) groups excluding carboxylic acids is 2. The first-order valence-electron chi connectivity index (χ1n) is 6.37. The number of hydrogen-bond donors (Lipinski definition) is 3. The number of nitrogens with zero attached hydrogens (tertiary/aromatic N) is 1. The number of benzene rings is 1. The fourth-order valence-electron chi connectivity index (χ4n) is 2.56. The number of rotatable bonds is 1. The van der Waals surface area contributed by atoms with Crippen molar-refractivity contribution in [1.29, 1.82) is 0 Å². The van der Waals surface area contributed by atoms with Crippen molar-refractivity contribution in [1.82, 2.24) is 5.32 Å². The van der Waals surface area contributed by atoms with E-state index in [1.54, 1.807) is 0 Å². The van der Waals surface area contributed by atoms with Gasteiger partial charge < -0.3 is 21.3 Å². The standard InChI is InChI=1S/C13H16N4O2/c14-9-5-8-6-13(19)16-10(8)7-11(9)17-3-1-12(18)15-2-4-17/h5,7H,1-4,6,14H2,(H,15,18)(H,16,19). The van der Waals surface area contributed by atoms with Crippen LogP contribution in [0.3, 0.4) is 0 Å². The molecule has 6 nitrogen and oxygen atoms in total. The third kappa shape index (κ3) is 2.21. The van der Waals surface area contributed by atoms with Crippen molar-refractivity contribution in [3.8, 4) is 0 Å². The Labute approximate surface area is 110 Å². The van der Waals surface area contributed by atoms with Crippen LogP contribution in [0.2, 0.25) is 0 Å². The first-order chi connectivity index (χ1) is 9.13. The minimum absolute atomic E-state index is 0.000684. The normalized spacial score (nSPS) is 18.6. The number of carbonyl (C=O) groups is 2. The molecule has 0 aliphatic carbocycles. The average molecular weight is 260 g/mol. The Morgan fingerprint density at radius 2 is 2.00 bits per heavy atom. The van der Waals surface area contributed by atoms with Crippen LogP contribution >= 0.6 is 0 Å². The van der Waals surface area contributed by atoms with E-state index in [1.807, 2.05) is 12.1 Å². The van der Waals surface area contributed by atoms with Gasteiger partial charge in [-0.05, 0) is 17.7 Å². The van der Waals surface area contributed by atoms with Crippen molar-refractivity contribution in [2.75, 3.05) is 35.6 Å². The largest absolute Gasteiger partial charge is 0.397 e. The first-order valence-corrected chi connectivity index (χ1v) is 6.37. The minimum atomic E-state index is -0.000684. The molecule has 100 valence electrons. The van der Waals surface area contributed by atoms with Gasteiger partial charge >= 0.3 is 0 Å². The summed E-state index contributed by atoms with van der Waals surface area (Å²) in [6, 6.07) is 3.76. The lowest BCUT2D eigenvalue weighted by atomic mass is 10.1. The Kier molecular flexibility index (Phi) is 2.77. The van der Waals surface area contributed by atoms with E-state index in [-0.39, 0.29) is 11.8 Å². The summed E-state index contributed by atoms with van der Waals surface area (Å²) in [5, 5.41) is 5.66. The average Bonchev–Trinajstić information content (AvgIpc) is 2.57. The van der Waals surface area contributed by atoms with Crippen molar-refractivity contribution in [3.05, 3.63) is 17.7 Å². The number of nitrogens with one attached hydrogen (secondary N) is 2. The highest BCUT2D eigenvalue weighted by atomic mass is 16.2. The Morgan fingerprint density at radius 1 is 1.16 bits per heavy atom. The lowest BCUT2D eigenvalue weighted by Crippen LogP contribution is -2.29. The highest BCUT2D eigenvalue weighted by Crippen LogP contribution is 2.33. The summed E-state index contributed by atoms with van der Waals surface area (Å²) in [4.78, 5) is 24.8. The van der Waals surface area contributed by atoms with E-state index in [0.717, 1.165) is 23.5 Å². The van der Waals surface area contributed by atoms with Gasteiger partial charge in [-0.2, -0.15) is 0 Å². The molecular formula is C13H16N4O2. The van der Waals surface area contributed by atoms with E-state index >= 15 is 0 Å². The summed E-state index contributed by atoms with van der Waals surface area (Å²) in [6.45, 7) is 1.98. The van der Waals surface area contributed by atoms with Crippen LogP contribution in [-0.4, -0.2) is 31.4 Å². The van der Waals surface area contributed by atoms with Gasteiger partial charge in [0.1, 0.15) is 0 Å². The molecule has 3 rings (SSSR count). The number of fused-ring (bicyclic) bond motifs is 1. The monoisotopic (exact) mass is 260 g/mol. The molecule has 0 aromatic heterocycles. The SMILES string of the molecule is Nc1cc2c(cc1N1CCNC(=O)CC1)NC(=O)C2. The molecule has 2 aliphatic heterocycles. The third-order valence-electron chi connectivity index (χ3n) is 3.53. The molecule has 0 saturated carbocycles. The summed E-state index contributed by atoms with van der Waals surface area (Å²) in [5.41, 5.74) is 9.38. The van der Waals surface area contributed by atoms with Crippen molar-refractivity contribution < 1.29 is 9.59 Å². The second-order valence-electron chi connectivity index (χ2n) is 4.88. The number of nitrogens with two attached hydrogens (primary N) is 1. The quantitative estimate of drug-likeness (QED) is 0.624. The second kappa shape index (κ2) is 4.46. The maximum absolute atomic E-state index is 11.4. The second-order valence-corrected chi connectivity index (χ2v) is 4.88. The van der Waals surface area contributed by atoms with E-state index in [9.17, 15) is 9.59 Å². The van der Waals surface area contributed by atoms with Gasteiger partial charge in [-0.1, -0.05) is 0 Å². The van der Waals surface area contributed by atoms with Crippen molar-refractivity contribution in [3.63, 3.8) is 0 Å². The summed E-state index contributed by atoms with van der Waals surface area (Å²) in [7, 11) is 0. The van der Waals surface area contributed by atoms with Crippen molar-refractivity contribution in [2.45, 2.75) is 12.8 Å². The maximum Gasteiger partial charge on any atom is 0.228 e. The molecule has 0 spiro atoms. The zero-order chi connectivity index (χ0) is 13.4. The van der Waals surface area contributed by atoms with Crippen LogP contribution in [-0.2, 0) is 16.0 Å². The maximum atomic E-state index is 11.4. The summed E-state index contributed by atoms with van der Waals surface area (Å²) in [5.74, 6) is 0.0646. The highest BCUT2D eigenvalue weighted by molar-refractivity contribution is 6.01. The topological polar surface area (TPSA) is 87.5 Å². The molecule has 0 unspecified atom stereocenters. The molecule has 1 saturated heterocycles. The molecule has 2 amide bonds. The number of hydrogen-bond acceptors (Lipinski definition) is 4. The van der Waals surface area contributed by atoms with Gasteiger partial charge in [0.15, 0.2) is 0 Å². The van der Waals surface area contributed by atoms with Crippen LogP contribution in [0.15, 0.2) is 12.1 Å². The Hall–Kier alpha value is -2.24. The van der Waals surface area contributed by atoms with Gasteiger partial charge in [-0.15, -0.1) is 0 Å². The molecule has 2 heterocycles. The summed E-state index contributed by atoms with van der Waals surface area (Å²) in [6.07, 6.45) is 0.850. The van der Waals surface area contributed by atoms with Crippen LogP contribution in [0.5, 0.6) is 0 Å². The first kappa shape index (κ1) is 11.8. The molecule has 19 heavy (non-hydrogen) atoms. The van der Waals surface area contributed by atoms with Crippen LogP contribution in [0.4, 0.5) is 17.1 Å². The Morgan fingerprint density at radius 3 is 2.84 bits per heavy atom. The predicted molar refractivity (Wildman–Crippen MR) is 73.0 cm³/mol.